The molecule has 27 heavy (non-hydrogen) atoms. The van der Waals surface area contributed by atoms with Gasteiger partial charge in [0, 0.05) is 5.69 Å². The maximum absolute atomic E-state index is 12.9. The summed E-state index contributed by atoms with van der Waals surface area (Å²) < 4.78 is 34.8. The monoisotopic (exact) mass is 379 g/mol. The van der Waals surface area contributed by atoms with Crippen LogP contribution in [-0.2, 0) is 28.5 Å². The van der Waals surface area contributed by atoms with Crippen LogP contribution in [0, 0.1) is 0 Å². The fourth-order valence-electron chi connectivity index (χ4n) is 3.71. The van der Waals surface area contributed by atoms with Crippen LogP contribution in [0.4, 0.5) is 5.69 Å². The van der Waals surface area contributed by atoms with Crippen molar-refractivity contribution in [3.63, 3.8) is 0 Å². The predicted molar refractivity (Wildman–Crippen MR) is 94.1 cm³/mol. The summed E-state index contributed by atoms with van der Waals surface area (Å²) in [5.41, 5.74) is 0.630. The Morgan fingerprint density at radius 1 is 0.926 bits per heavy atom. The van der Waals surface area contributed by atoms with E-state index < -0.39 is 42.3 Å². The van der Waals surface area contributed by atoms with Crippen molar-refractivity contribution in [1.82, 2.24) is 0 Å². The van der Waals surface area contributed by atoms with Gasteiger partial charge in [-0.2, -0.15) is 0 Å². The Labute approximate surface area is 158 Å². The summed E-state index contributed by atoms with van der Waals surface area (Å²) in [6.45, 7) is 7.22. The van der Waals surface area contributed by atoms with E-state index in [4.69, 9.17) is 28.4 Å². The van der Waals surface area contributed by atoms with Gasteiger partial charge in [0.05, 0.1) is 7.11 Å². The molecule has 0 aromatic heterocycles. The summed E-state index contributed by atoms with van der Waals surface area (Å²) >= 11 is 0. The first kappa shape index (κ1) is 18.6. The van der Waals surface area contributed by atoms with Crippen molar-refractivity contribution in [2.45, 2.75) is 70.0 Å². The number of hydrogen-bond donors (Lipinski definition) is 1. The number of carbonyl (C=O) groups is 1. The van der Waals surface area contributed by atoms with Gasteiger partial charge in [-0.3, -0.25) is 4.79 Å². The number of hydrogen-bond acceptors (Lipinski definition) is 7. The normalized spacial score (nSPS) is 36.0. The molecule has 5 atom stereocenters. The van der Waals surface area contributed by atoms with Crippen molar-refractivity contribution in [3.05, 3.63) is 24.3 Å². The predicted octanol–water partition coefficient (Wildman–Crippen LogP) is 2.03. The summed E-state index contributed by atoms with van der Waals surface area (Å²) in [6, 6.07) is 7.05. The molecule has 4 rings (SSSR count). The molecule has 1 N–H and O–H groups in total. The number of ether oxygens (including phenoxy) is 6. The lowest BCUT2D eigenvalue weighted by Gasteiger charge is -2.36. The lowest BCUT2D eigenvalue weighted by atomic mass is 9.98. The molecule has 1 aromatic carbocycles. The van der Waals surface area contributed by atoms with E-state index in [1.165, 1.54) is 0 Å². The van der Waals surface area contributed by atoms with Crippen LogP contribution in [0.2, 0.25) is 0 Å². The van der Waals surface area contributed by atoms with Gasteiger partial charge in [-0.05, 0) is 52.0 Å². The molecular formula is C19H25NO7. The summed E-state index contributed by atoms with van der Waals surface area (Å²) in [5, 5.41) is 2.85. The van der Waals surface area contributed by atoms with Gasteiger partial charge in [0.25, 0.3) is 5.91 Å². The minimum Gasteiger partial charge on any atom is -0.497 e. The van der Waals surface area contributed by atoms with E-state index in [9.17, 15) is 4.79 Å². The third-order valence-electron chi connectivity index (χ3n) is 4.77. The maximum Gasteiger partial charge on any atom is 0.256 e. The molecule has 8 heteroatoms. The minimum atomic E-state index is -0.891. The van der Waals surface area contributed by atoms with E-state index in [-0.39, 0.29) is 5.91 Å². The third-order valence-corrected chi connectivity index (χ3v) is 4.77. The summed E-state index contributed by atoms with van der Waals surface area (Å²) in [4.78, 5) is 12.9. The molecule has 8 nitrogen and oxygen atoms in total. The van der Waals surface area contributed by atoms with Crippen molar-refractivity contribution < 1.29 is 33.2 Å². The number of fused-ring (bicyclic) bond motifs is 3. The van der Waals surface area contributed by atoms with Gasteiger partial charge in [0.1, 0.15) is 24.1 Å². The molecular weight excluding hydrogens is 354 g/mol. The number of carbonyl (C=O) groups excluding carboxylic acids is 1. The second kappa shape index (κ2) is 6.42. The van der Waals surface area contributed by atoms with E-state index in [2.05, 4.69) is 5.32 Å². The first-order chi connectivity index (χ1) is 12.7. The Kier molecular flexibility index (Phi) is 4.44. The van der Waals surface area contributed by atoms with Crippen LogP contribution >= 0.6 is 0 Å². The van der Waals surface area contributed by atoms with E-state index >= 15 is 0 Å². The second-order valence-corrected chi connectivity index (χ2v) is 7.81. The third kappa shape index (κ3) is 3.55. The fourth-order valence-corrected chi connectivity index (χ4v) is 3.71. The number of amides is 1. The maximum atomic E-state index is 12.9. The molecule has 1 aromatic rings. The first-order valence-electron chi connectivity index (χ1n) is 8.99. The standard InChI is InChI=1S/C19H25NO7/c1-18(2)24-12-13(25-18)15-17(27-19(3,4)26-15)23-14(12)16(21)20-10-6-8-11(22-5)9-7-10/h6-9,12-15,17H,1-5H3,(H,20,21)/t12-,13+,14?,15-,17-/m1/s1. The molecule has 0 radical (unpaired) electrons. The highest BCUT2D eigenvalue weighted by Gasteiger charge is 2.62. The van der Waals surface area contributed by atoms with Crippen LogP contribution in [0.3, 0.4) is 0 Å². The molecule has 3 aliphatic heterocycles. The summed E-state index contributed by atoms with van der Waals surface area (Å²) in [5.74, 6) is -1.29. The highest BCUT2D eigenvalue weighted by atomic mass is 16.9. The lowest BCUT2D eigenvalue weighted by molar-refractivity contribution is -0.229. The molecule has 0 aliphatic carbocycles. The highest BCUT2D eigenvalue weighted by Crippen LogP contribution is 2.44. The largest absolute Gasteiger partial charge is 0.497 e. The van der Waals surface area contributed by atoms with Crippen molar-refractivity contribution in [3.8, 4) is 5.75 Å². The molecule has 0 bridgehead atoms. The van der Waals surface area contributed by atoms with Crippen LogP contribution in [0.1, 0.15) is 27.7 Å². The van der Waals surface area contributed by atoms with Crippen LogP contribution in [-0.4, -0.2) is 55.3 Å². The van der Waals surface area contributed by atoms with Gasteiger partial charge in [0.2, 0.25) is 0 Å². The summed E-state index contributed by atoms with van der Waals surface area (Å²) in [6.07, 6.45) is -3.12. The van der Waals surface area contributed by atoms with Gasteiger partial charge in [-0.15, -0.1) is 0 Å². The number of anilines is 1. The van der Waals surface area contributed by atoms with Gasteiger partial charge in [-0.1, -0.05) is 0 Å². The molecule has 148 valence electrons. The Bertz CT molecular complexity index is 717. The van der Waals surface area contributed by atoms with Gasteiger partial charge in [0.15, 0.2) is 24.0 Å². The van der Waals surface area contributed by atoms with E-state index in [1.54, 1.807) is 59.1 Å². The number of nitrogens with one attached hydrogen (secondary N) is 1. The van der Waals surface area contributed by atoms with E-state index in [0.717, 1.165) is 0 Å². The van der Waals surface area contributed by atoms with Crippen molar-refractivity contribution >= 4 is 11.6 Å². The zero-order valence-corrected chi connectivity index (χ0v) is 16.1. The Morgan fingerprint density at radius 3 is 2.19 bits per heavy atom. The molecule has 3 saturated heterocycles. The zero-order valence-electron chi connectivity index (χ0n) is 16.1. The van der Waals surface area contributed by atoms with Crippen molar-refractivity contribution in [2.24, 2.45) is 0 Å². The quantitative estimate of drug-likeness (QED) is 0.860. The number of rotatable bonds is 3. The highest BCUT2D eigenvalue weighted by molar-refractivity contribution is 5.94. The van der Waals surface area contributed by atoms with Gasteiger partial charge < -0.3 is 33.7 Å². The fraction of sp³-hybridized carbons (Fsp3) is 0.632. The lowest BCUT2D eigenvalue weighted by Crippen LogP contribution is -2.58. The Hall–Kier alpha value is -1.71. The Balaban J connectivity index is 1.55. The van der Waals surface area contributed by atoms with Crippen LogP contribution < -0.4 is 10.1 Å². The number of benzene rings is 1. The number of methoxy groups -OCH3 is 1. The second-order valence-electron chi connectivity index (χ2n) is 7.81. The average Bonchev–Trinajstić information content (AvgIpc) is 3.08. The van der Waals surface area contributed by atoms with Gasteiger partial charge in [-0.25, -0.2) is 0 Å². The first-order valence-corrected chi connectivity index (χ1v) is 8.99. The minimum absolute atomic E-state index is 0.330. The van der Waals surface area contributed by atoms with E-state index in [0.29, 0.717) is 11.4 Å². The molecule has 0 spiro atoms. The van der Waals surface area contributed by atoms with Crippen LogP contribution in [0.25, 0.3) is 0 Å². The molecule has 1 amide bonds. The van der Waals surface area contributed by atoms with E-state index in [1.807, 2.05) is 0 Å². The SMILES string of the molecule is COc1ccc(NC(=O)C2O[C@@H]3OC(C)(C)O[C@@H]3[C@H]3OC(C)(C)O[C@@H]23)cc1. The van der Waals surface area contributed by atoms with Crippen LogP contribution in [0.5, 0.6) is 5.75 Å². The molecule has 3 fully saturated rings. The smallest absolute Gasteiger partial charge is 0.256 e. The van der Waals surface area contributed by atoms with Gasteiger partial charge >= 0.3 is 0 Å². The average molecular weight is 379 g/mol. The molecule has 0 saturated carbocycles. The summed E-state index contributed by atoms with van der Waals surface area (Å²) in [7, 11) is 1.59. The topological polar surface area (TPSA) is 84.5 Å². The molecule has 3 aliphatic rings. The zero-order chi connectivity index (χ0) is 19.4. The van der Waals surface area contributed by atoms with Crippen molar-refractivity contribution in [2.75, 3.05) is 12.4 Å². The van der Waals surface area contributed by atoms with Crippen LogP contribution in [0.15, 0.2) is 24.3 Å². The molecule has 1 unspecified atom stereocenters. The Morgan fingerprint density at radius 2 is 1.52 bits per heavy atom. The van der Waals surface area contributed by atoms with Crippen molar-refractivity contribution in [1.29, 1.82) is 0 Å². The molecule has 3 heterocycles.